The molecule has 0 unspecified atom stereocenters. The standard InChI is InChI=1S/C46H35N/c1-5-13-37-40-26-29(20-24-43(40)46(3,4)42(37)6-2)30-21-25-45-41(27-30)38-18-11-12-19-44(38)47(45)31-22-23-36-34-16-8-7-14-32(34)33-15-9-10-17-35(33)39(36)28-31/h5-28H,2H2,1,3-4H3/b13-5-. The summed E-state index contributed by atoms with van der Waals surface area (Å²) in [5.41, 5.74) is 11.2. The molecule has 7 aromatic carbocycles. The van der Waals surface area contributed by atoms with Crippen molar-refractivity contribution in [1.29, 1.82) is 0 Å². The number of benzene rings is 7. The highest BCUT2D eigenvalue weighted by Crippen LogP contribution is 2.48. The molecule has 0 saturated heterocycles. The Morgan fingerprint density at radius 1 is 0.553 bits per heavy atom. The van der Waals surface area contributed by atoms with Crippen LogP contribution in [0.15, 0.2) is 158 Å². The van der Waals surface area contributed by atoms with Crippen molar-refractivity contribution >= 4 is 59.7 Å². The summed E-state index contributed by atoms with van der Waals surface area (Å²) in [5, 5.41) is 10.3. The highest BCUT2D eigenvalue weighted by atomic mass is 15.0. The zero-order chi connectivity index (χ0) is 31.9. The van der Waals surface area contributed by atoms with Crippen LogP contribution < -0.4 is 0 Å². The van der Waals surface area contributed by atoms with E-state index in [4.69, 9.17) is 0 Å². The van der Waals surface area contributed by atoms with Crippen molar-refractivity contribution in [3.05, 3.63) is 169 Å². The van der Waals surface area contributed by atoms with Crippen molar-refractivity contribution in [3.63, 3.8) is 0 Å². The van der Waals surface area contributed by atoms with Gasteiger partial charge in [0.25, 0.3) is 0 Å². The molecule has 1 aromatic heterocycles. The zero-order valence-corrected chi connectivity index (χ0v) is 27.0. The lowest BCUT2D eigenvalue weighted by molar-refractivity contribution is 0.654. The predicted octanol–water partition coefficient (Wildman–Crippen LogP) is 12.7. The third-order valence-electron chi connectivity index (χ3n) is 10.5. The summed E-state index contributed by atoms with van der Waals surface area (Å²) in [7, 11) is 0. The van der Waals surface area contributed by atoms with E-state index in [9.17, 15) is 0 Å². The number of nitrogens with zero attached hydrogens (tertiary/aromatic N) is 1. The van der Waals surface area contributed by atoms with Crippen LogP contribution in [0.2, 0.25) is 0 Å². The second-order valence-corrected chi connectivity index (χ2v) is 13.3. The Bertz CT molecular complexity index is 2640. The van der Waals surface area contributed by atoms with Crippen LogP contribution in [0, 0.1) is 0 Å². The molecule has 224 valence electrons. The van der Waals surface area contributed by atoms with Crippen LogP contribution in [0.5, 0.6) is 0 Å². The molecule has 8 aromatic rings. The number of rotatable bonds is 4. The van der Waals surface area contributed by atoms with Crippen LogP contribution in [-0.4, -0.2) is 4.57 Å². The Balaban J connectivity index is 1.26. The molecule has 9 rings (SSSR count). The molecular formula is C46H35N. The second-order valence-electron chi connectivity index (χ2n) is 13.3. The van der Waals surface area contributed by atoms with E-state index < -0.39 is 0 Å². The highest BCUT2D eigenvalue weighted by molar-refractivity contribution is 6.25. The minimum atomic E-state index is -0.0701. The number of aromatic nitrogens is 1. The number of fused-ring (bicyclic) bond motifs is 10. The molecule has 47 heavy (non-hydrogen) atoms. The summed E-state index contributed by atoms with van der Waals surface area (Å²) in [6.45, 7) is 10.9. The Morgan fingerprint density at radius 2 is 1.13 bits per heavy atom. The smallest absolute Gasteiger partial charge is 0.0541 e. The molecule has 0 fully saturated rings. The summed E-state index contributed by atoms with van der Waals surface area (Å²) in [6, 6.07) is 47.4. The van der Waals surface area contributed by atoms with Gasteiger partial charge in [-0.25, -0.2) is 0 Å². The average Bonchev–Trinajstić information content (AvgIpc) is 3.55. The number of hydrogen-bond acceptors (Lipinski definition) is 0. The van der Waals surface area contributed by atoms with E-state index in [0.717, 1.165) is 0 Å². The molecule has 1 aliphatic rings. The third-order valence-corrected chi connectivity index (χ3v) is 10.5. The molecule has 1 heteroatoms. The van der Waals surface area contributed by atoms with Gasteiger partial charge in [-0.3, -0.25) is 0 Å². The highest BCUT2D eigenvalue weighted by Gasteiger charge is 2.35. The lowest BCUT2D eigenvalue weighted by Crippen LogP contribution is -2.15. The van der Waals surface area contributed by atoms with E-state index in [1.165, 1.54) is 93.2 Å². The average molecular weight is 602 g/mol. The third kappa shape index (κ3) is 3.90. The van der Waals surface area contributed by atoms with Crippen molar-refractivity contribution in [3.8, 4) is 16.8 Å². The molecule has 0 radical (unpaired) electrons. The van der Waals surface area contributed by atoms with Gasteiger partial charge < -0.3 is 4.57 Å². The van der Waals surface area contributed by atoms with E-state index in [-0.39, 0.29) is 5.41 Å². The van der Waals surface area contributed by atoms with Gasteiger partial charge >= 0.3 is 0 Å². The minimum Gasteiger partial charge on any atom is -0.309 e. The topological polar surface area (TPSA) is 4.93 Å². The number of para-hydroxylation sites is 1. The van der Waals surface area contributed by atoms with E-state index in [1.807, 2.05) is 6.08 Å². The van der Waals surface area contributed by atoms with Gasteiger partial charge in [0.05, 0.1) is 11.0 Å². The molecule has 0 aliphatic heterocycles. The number of hydrogen-bond donors (Lipinski definition) is 0. The molecule has 1 aliphatic carbocycles. The molecule has 0 N–H and O–H groups in total. The summed E-state index contributed by atoms with van der Waals surface area (Å²) in [4.78, 5) is 0. The summed E-state index contributed by atoms with van der Waals surface area (Å²) in [5.74, 6) is 0. The fraction of sp³-hybridized carbons (Fsp3) is 0.0870. The first-order valence-electron chi connectivity index (χ1n) is 16.5. The first-order chi connectivity index (χ1) is 23.0. The van der Waals surface area contributed by atoms with Crippen molar-refractivity contribution in [2.45, 2.75) is 26.2 Å². The van der Waals surface area contributed by atoms with Crippen LogP contribution in [0.3, 0.4) is 0 Å². The summed E-state index contributed by atoms with van der Waals surface area (Å²) >= 11 is 0. The van der Waals surface area contributed by atoms with Crippen LogP contribution in [-0.2, 0) is 5.41 Å². The van der Waals surface area contributed by atoms with E-state index >= 15 is 0 Å². The second kappa shape index (κ2) is 10.2. The minimum absolute atomic E-state index is 0.0701. The van der Waals surface area contributed by atoms with Gasteiger partial charge in [0, 0.05) is 21.9 Å². The fourth-order valence-corrected chi connectivity index (χ4v) is 8.30. The fourth-order valence-electron chi connectivity index (χ4n) is 8.30. The van der Waals surface area contributed by atoms with Crippen molar-refractivity contribution in [2.24, 2.45) is 0 Å². The van der Waals surface area contributed by atoms with Crippen LogP contribution in [0.25, 0.3) is 76.5 Å². The maximum atomic E-state index is 4.18. The van der Waals surface area contributed by atoms with Gasteiger partial charge in [-0.05, 0) is 109 Å². The van der Waals surface area contributed by atoms with E-state index in [1.54, 1.807) is 0 Å². The lowest BCUT2D eigenvalue weighted by atomic mass is 9.81. The van der Waals surface area contributed by atoms with Gasteiger partial charge in [-0.15, -0.1) is 0 Å². The number of allylic oxidation sites excluding steroid dienone is 5. The lowest BCUT2D eigenvalue weighted by Gasteiger charge is -2.22. The SMILES string of the molecule is C=CC1=C(/C=C\C)c2cc(-c3ccc4c(c3)c3ccccc3n4-c3ccc4c5ccccc5c5ccccc5c4c3)ccc2C1(C)C. The maximum absolute atomic E-state index is 4.18. The normalized spacial score (nSPS) is 14.4. The molecule has 0 saturated carbocycles. The van der Waals surface area contributed by atoms with Crippen molar-refractivity contribution in [1.82, 2.24) is 4.57 Å². The Labute approximate surface area is 275 Å². The molecule has 0 amide bonds. The van der Waals surface area contributed by atoms with Crippen molar-refractivity contribution < 1.29 is 0 Å². The first kappa shape index (κ1) is 27.6. The Morgan fingerprint density at radius 3 is 1.81 bits per heavy atom. The molecule has 1 nitrogen and oxygen atoms in total. The molecule has 0 spiro atoms. The van der Waals surface area contributed by atoms with E-state index in [2.05, 4.69) is 171 Å². The summed E-state index contributed by atoms with van der Waals surface area (Å²) < 4.78 is 2.44. The molecular weight excluding hydrogens is 567 g/mol. The zero-order valence-electron chi connectivity index (χ0n) is 27.0. The van der Waals surface area contributed by atoms with Gasteiger partial charge in [-0.2, -0.15) is 0 Å². The van der Waals surface area contributed by atoms with Crippen LogP contribution >= 0.6 is 0 Å². The Kier molecular flexibility index (Phi) is 5.98. The maximum Gasteiger partial charge on any atom is 0.0541 e. The monoisotopic (exact) mass is 601 g/mol. The van der Waals surface area contributed by atoms with Crippen molar-refractivity contribution in [2.75, 3.05) is 0 Å². The van der Waals surface area contributed by atoms with Gasteiger partial charge in [0.15, 0.2) is 0 Å². The predicted molar refractivity (Wildman–Crippen MR) is 204 cm³/mol. The largest absolute Gasteiger partial charge is 0.309 e. The first-order valence-corrected chi connectivity index (χ1v) is 16.5. The molecule has 0 atom stereocenters. The molecule has 1 heterocycles. The van der Waals surface area contributed by atoms with Gasteiger partial charge in [0.1, 0.15) is 0 Å². The Hall–Kier alpha value is -5.66. The summed E-state index contributed by atoms with van der Waals surface area (Å²) in [6.07, 6.45) is 6.41. The van der Waals surface area contributed by atoms with E-state index in [0.29, 0.717) is 0 Å². The van der Waals surface area contributed by atoms with Crippen LogP contribution in [0.4, 0.5) is 0 Å². The molecule has 0 bridgehead atoms. The van der Waals surface area contributed by atoms with Gasteiger partial charge in [0.2, 0.25) is 0 Å². The van der Waals surface area contributed by atoms with Gasteiger partial charge in [-0.1, -0.05) is 130 Å². The van der Waals surface area contributed by atoms with Crippen LogP contribution in [0.1, 0.15) is 31.9 Å². The quantitative estimate of drug-likeness (QED) is 0.177.